The summed E-state index contributed by atoms with van der Waals surface area (Å²) in [4.78, 5) is 19.4. The molecule has 0 saturated carbocycles. The van der Waals surface area contributed by atoms with E-state index in [0.717, 1.165) is 78.2 Å². The minimum Gasteiger partial charge on any atom is -0.355 e. The highest BCUT2D eigenvalue weighted by Gasteiger charge is 2.24. The number of nitrogens with one attached hydrogen (secondary N) is 2. The van der Waals surface area contributed by atoms with E-state index in [1.165, 1.54) is 97.3 Å². The summed E-state index contributed by atoms with van der Waals surface area (Å²) in [5.41, 5.74) is 16.3. The Morgan fingerprint density at radius 1 is 0.237 bits per heavy atom. The van der Waals surface area contributed by atoms with Gasteiger partial charge in [0, 0.05) is 44.3 Å². The zero-order chi connectivity index (χ0) is 52.4. The van der Waals surface area contributed by atoms with Gasteiger partial charge in [-0.2, -0.15) is 0 Å². The summed E-state index contributed by atoms with van der Waals surface area (Å²) in [6.45, 7) is 0. The van der Waals surface area contributed by atoms with Crippen molar-refractivity contribution in [3.05, 3.63) is 289 Å². The molecule has 0 saturated heterocycles. The first kappa shape index (κ1) is 44.4. The first-order valence-electron chi connectivity index (χ1n) is 27.4. The van der Waals surface area contributed by atoms with Crippen molar-refractivity contribution in [2.45, 2.75) is 0 Å². The molecule has 3 aromatic heterocycles. The van der Waals surface area contributed by atoms with Crippen molar-refractivity contribution >= 4 is 132 Å². The molecule has 0 aliphatic carbocycles. The molecule has 0 unspecified atom stereocenters. The number of fused-ring (bicyclic) bond motifs is 16. The summed E-state index contributed by atoms with van der Waals surface area (Å²) in [7, 11) is 0. The van der Waals surface area contributed by atoms with E-state index < -0.39 is 0 Å². The molecule has 2 aliphatic rings. The van der Waals surface area contributed by atoms with E-state index in [-0.39, 0.29) is 0 Å². The van der Waals surface area contributed by atoms with E-state index in [1.54, 1.807) is 0 Å². The molecule has 5 heterocycles. The normalized spacial score (nSPS) is 12.7. The van der Waals surface area contributed by atoms with Crippen LogP contribution < -0.4 is 0 Å². The number of rotatable bonds is 4. The Balaban J connectivity index is 1.04. The number of H-pyrrole nitrogens is 2. The summed E-state index contributed by atoms with van der Waals surface area (Å²) in [5, 5.41) is 19.0. The average Bonchev–Trinajstić information content (AvgIpc) is 4.30. The Bertz CT molecular complexity index is 4880. The van der Waals surface area contributed by atoms with Gasteiger partial charge in [0.15, 0.2) is 0 Å². The smallest absolute Gasteiger partial charge is 0.0737 e. The quantitative estimate of drug-likeness (QED) is 0.173. The molecule has 0 spiro atoms. The Morgan fingerprint density at radius 3 is 0.762 bits per heavy atom. The molecule has 0 amide bonds. The van der Waals surface area contributed by atoms with Gasteiger partial charge < -0.3 is 9.97 Å². The third-order valence-corrected chi connectivity index (χ3v) is 16.7. The fourth-order valence-corrected chi connectivity index (χ4v) is 13.3. The van der Waals surface area contributed by atoms with Crippen molar-refractivity contribution in [3.63, 3.8) is 0 Å². The van der Waals surface area contributed by atoms with E-state index >= 15 is 0 Å². The van der Waals surface area contributed by atoms with Crippen molar-refractivity contribution in [2.75, 3.05) is 0 Å². The van der Waals surface area contributed by atoms with Crippen LogP contribution in [0.2, 0.25) is 0 Å². The molecule has 80 heavy (non-hydrogen) atoms. The lowest BCUT2D eigenvalue weighted by molar-refractivity contribution is 1.30. The molecule has 8 bridgehead atoms. The summed E-state index contributed by atoms with van der Waals surface area (Å²) >= 11 is 0. The van der Waals surface area contributed by atoms with Crippen LogP contribution >= 0.6 is 0 Å². The number of hydrogen-bond donors (Lipinski definition) is 2. The maximum absolute atomic E-state index is 5.70. The molecule has 4 nitrogen and oxygen atoms in total. The highest BCUT2D eigenvalue weighted by Crippen LogP contribution is 2.45. The Morgan fingerprint density at radius 2 is 0.487 bits per heavy atom. The molecule has 0 radical (unpaired) electrons. The molecule has 17 rings (SSSR count). The maximum atomic E-state index is 5.70. The van der Waals surface area contributed by atoms with Gasteiger partial charge in [0.05, 0.1) is 22.8 Å². The van der Waals surface area contributed by atoms with Gasteiger partial charge in [0.1, 0.15) is 0 Å². The topological polar surface area (TPSA) is 57.4 Å². The number of benzene rings is 12. The lowest BCUT2D eigenvalue weighted by Gasteiger charge is -2.13. The molecule has 2 aliphatic heterocycles. The van der Waals surface area contributed by atoms with Crippen molar-refractivity contribution in [1.82, 2.24) is 19.9 Å². The SMILES string of the molecule is C1=C(c2c3ccccc3cc3ccccc23)c2cc3[nH]c(cc4nc(cc5[nH]c(cc1n2)cc5-c1c2ccccc2cc2ccccc12)C(c1c2ccccc2cc2ccccc12)=C4)cc3-c1c2ccccc2cc2ccccc12. The van der Waals surface area contributed by atoms with Crippen LogP contribution in [0.15, 0.2) is 255 Å². The van der Waals surface area contributed by atoms with Crippen LogP contribution in [0.1, 0.15) is 33.9 Å². The van der Waals surface area contributed by atoms with Crippen LogP contribution in [0, 0.1) is 0 Å². The van der Waals surface area contributed by atoms with Gasteiger partial charge in [-0.25, -0.2) is 9.97 Å². The fraction of sp³-hybridized carbons (Fsp3) is 0. The zero-order valence-electron chi connectivity index (χ0n) is 43.3. The van der Waals surface area contributed by atoms with Gasteiger partial charge in [0.25, 0.3) is 0 Å². The van der Waals surface area contributed by atoms with Gasteiger partial charge in [-0.05, 0) is 181 Å². The number of aromatic nitrogens is 4. The second kappa shape index (κ2) is 17.4. The molecule has 0 atom stereocenters. The van der Waals surface area contributed by atoms with E-state index in [1.807, 2.05) is 0 Å². The first-order valence-corrected chi connectivity index (χ1v) is 27.4. The van der Waals surface area contributed by atoms with Gasteiger partial charge in [-0.3, -0.25) is 0 Å². The van der Waals surface area contributed by atoms with E-state index in [2.05, 4.69) is 277 Å². The van der Waals surface area contributed by atoms with E-state index in [0.29, 0.717) is 0 Å². The predicted octanol–water partition coefficient (Wildman–Crippen LogP) is 20.1. The van der Waals surface area contributed by atoms with Crippen molar-refractivity contribution in [2.24, 2.45) is 0 Å². The second-order valence-electron chi connectivity index (χ2n) is 21.4. The highest BCUT2D eigenvalue weighted by molar-refractivity contribution is 6.20. The summed E-state index contributed by atoms with van der Waals surface area (Å²) < 4.78 is 0. The van der Waals surface area contributed by atoms with Crippen LogP contribution in [-0.4, -0.2) is 19.9 Å². The zero-order valence-corrected chi connectivity index (χ0v) is 43.3. The van der Waals surface area contributed by atoms with Crippen LogP contribution in [0.25, 0.3) is 154 Å². The Labute approximate surface area is 459 Å². The molecule has 4 heteroatoms. The minimum absolute atomic E-state index is 0.852. The standard InChI is InChI=1S/C76H46N4/c1-9-25-57-45(17-1)33-46-18-2-10-26-58(46)73(57)65-39-53-37-54-40-67(75-61-29-13-5-21-49(61)35-50-22-6-14-30-62(50)75)71(79-54)44-72-68(76-63-31-15-7-23-51(63)36-52-24-8-16-32-64(52)76)42-56(80-72)38-55-41-66(70(78-55)43-69(65)77-53)74-59-27-11-3-19-47(59)34-48-20-4-12-28-60(48)74/h1-44,77,80H. The van der Waals surface area contributed by atoms with Crippen LogP contribution in [0.4, 0.5) is 0 Å². The highest BCUT2D eigenvalue weighted by atomic mass is 14.8. The Kier molecular flexibility index (Phi) is 9.68. The molecule has 0 fully saturated rings. The van der Waals surface area contributed by atoms with Crippen LogP contribution in [0.3, 0.4) is 0 Å². The largest absolute Gasteiger partial charge is 0.355 e. The fourth-order valence-electron chi connectivity index (χ4n) is 13.3. The molecule has 370 valence electrons. The van der Waals surface area contributed by atoms with Gasteiger partial charge in [-0.15, -0.1) is 0 Å². The van der Waals surface area contributed by atoms with Crippen molar-refractivity contribution in [1.29, 1.82) is 0 Å². The van der Waals surface area contributed by atoms with Crippen molar-refractivity contribution < 1.29 is 0 Å². The van der Waals surface area contributed by atoms with E-state index in [9.17, 15) is 0 Å². The van der Waals surface area contributed by atoms with Gasteiger partial charge >= 0.3 is 0 Å². The molecule has 15 aromatic rings. The molecule has 2 N–H and O–H groups in total. The molecular weight excluding hydrogens is 969 g/mol. The summed E-state index contributed by atoms with van der Waals surface area (Å²) in [6, 6.07) is 93.1. The lowest BCUT2D eigenvalue weighted by Crippen LogP contribution is -1.91. The summed E-state index contributed by atoms with van der Waals surface area (Å²) in [5.74, 6) is 0. The Hall–Kier alpha value is -10.7. The molecule has 12 aromatic carbocycles. The van der Waals surface area contributed by atoms with Gasteiger partial charge in [0.2, 0.25) is 0 Å². The summed E-state index contributed by atoms with van der Waals surface area (Å²) in [6.07, 6.45) is 4.60. The van der Waals surface area contributed by atoms with Gasteiger partial charge in [-0.1, -0.05) is 194 Å². The molecular formula is C76H46N4. The number of aromatic amines is 2. The van der Waals surface area contributed by atoms with Crippen LogP contribution in [-0.2, 0) is 0 Å². The second-order valence-corrected chi connectivity index (χ2v) is 21.4. The monoisotopic (exact) mass is 1010 g/mol. The van der Waals surface area contributed by atoms with Crippen LogP contribution in [0.5, 0.6) is 0 Å². The predicted molar refractivity (Wildman–Crippen MR) is 339 cm³/mol. The average molecular weight is 1020 g/mol. The first-order chi connectivity index (χ1) is 39.6. The third-order valence-electron chi connectivity index (χ3n) is 16.7. The van der Waals surface area contributed by atoms with E-state index in [4.69, 9.17) is 9.97 Å². The number of nitrogens with zero attached hydrogens (tertiary/aromatic N) is 2. The van der Waals surface area contributed by atoms with Crippen molar-refractivity contribution in [3.8, 4) is 22.3 Å². The number of hydrogen-bond acceptors (Lipinski definition) is 2. The maximum Gasteiger partial charge on any atom is 0.0737 e. The minimum atomic E-state index is 0.852. The lowest BCUT2D eigenvalue weighted by atomic mass is 9.90. The third kappa shape index (κ3) is 7.02.